The van der Waals surface area contributed by atoms with Crippen molar-refractivity contribution in [1.82, 2.24) is 9.55 Å². The zero-order valence-electron chi connectivity index (χ0n) is 11.5. The Labute approximate surface area is 113 Å². The molecule has 19 heavy (non-hydrogen) atoms. The summed E-state index contributed by atoms with van der Waals surface area (Å²) < 4.78 is 2.26. The normalized spacial score (nSPS) is 22.2. The molecule has 2 aliphatic carbocycles. The summed E-state index contributed by atoms with van der Waals surface area (Å²) in [5.74, 6) is 1.95. The van der Waals surface area contributed by atoms with Gasteiger partial charge in [-0.1, -0.05) is 18.9 Å². The van der Waals surface area contributed by atoms with Gasteiger partial charge in [0.05, 0.1) is 11.0 Å². The SMILES string of the molecule is Cn1c(C2CC2)nc2cc(C3(N)CCCC3)ccc21. The summed E-state index contributed by atoms with van der Waals surface area (Å²) in [7, 11) is 2.14. The molecule has 2 N–H and O–H groups in total. The zero-order chi connectivity index (χ0) is 13.0. The van der Waals surface area contributed by atoms with E-state index in [0.717, 1.165) is 18.4 Å². The van der Waals surface area contributed by atoms with Crippen LogP contribution in [0.2, 0.25) is 0 Å². The maximum atomic E-state index is 6.55. The average Bonchev–Trinajstić information content (AvgIpc) is 3.08. The Morgan fingerprint density at radius 2 is 2.00 bits per heavy atom. The van der Waals surface area contributed by atoms with Crippen LogP contribution in [0.3, 0.4) is 0 Å². The number of aryl methyl sites for hydroxylation is 1. The van der Waals surface area contributed by atoms with Crippen LogP contribution in [0.4, 0.5) is 0 Å². The van der Waals surface area contributed by atoms with Crippen LogP contribution in [0.25, 0.3) is 11.0 Å². The van der Waals surface area contributed by atoms with Crippen LogP contribution < -0.4 is 5.73 Å². The molecule has 4 rings (SSSR count). The molecule has 100 valence electrons. The van der Waals surface area contributed by atoms with Crippen molar-refractivity contribution in [2.45, 2.75) is 50.0 Å². The van der Waals surface area contributed by atoms with Gasteiger partial charge in [-0.15, -0.1) is 0 Å². The topological polar surface area (TPSA) is 43.8 Å². The van der Waals surface area contributed by atoms with Crippen LogP contribution in [0.15, 0.2) is 18.2 Å². The highest BCUT2D eigenvalue weighted by atomic mass is 15.1. The van der Waals surface area contributed by atoms with Crippen molar-refractivity contribution in [3.05, 3.63) is 29.6 Å². The highest BCUT2D eigenvalue weighted by molar-refractivity contribution is 5.77. The van der Waals surface area contributed by atoms with Crippen molar-refractivity contribution in [2.75, 3.05) is 0 Å². The summed E-state index contributed by atoms with van der Waals surface area (Å²) in [6.45, 7) is 0. The van der Waals surface area contributed by atoms with Crippen molar-refractivity contribution >= 4 is 11.0 Å². The Balaban J connectivity index is 1.82. The molecule has 0 radical (unpaired) electrons. The minimum absolute atomic E-state index is 0.106. The number of nitrogens with two attached hydrogens (primary N) is 1. The first-order chi connectivity index (χ1) is 9.17. The van der Waals surface area contributed by atoms with E-state index >= 15 is 0 Å². The quantitative estimate of drug-likeness (QED) is 0.895. The number of imidazole rings is 1. The lowest BCUT2D eigenvalue weighted by molar-refractivity contribution is 0.462. The first-order valence-corrected chi connectivity index (χ1v) is 7.43. The Hall–Kier alpha value is -1.35. The summed E-state index contributed by atoms with van der Waals surface area (Å²) in [6.07, 6.45) is 7.32. The van der Waals surface area contributed by atoms with Gasteiger partial charge in [-0.05, 0) is 43.4 Å². The van der Waals surface area contributed by atoms with Crippen LogP contribution in [0.1, 0.15) is 55.8 Å². The zero-order valence-corrected chi connectivity index (χ0v) is 11.5. The number of fused-ring (bicyclic) bond motifs is 1. The van der Waals surface area contributed by atoms with Gasteiger partial charge in [0.1, 0.15) is 5.82 Å². The lowest BCUT2D eigenvalue weighted by atomic mass is 9.89. The number of hydrogen-bond donors (Lipinski definition) is 1. The molecular formula is C16H21N3. The van der Waals surface area contributed by atoms with Crippen LogP contribution in [-0.2, 0) is 12.6 Å². The average molecular weight is 255 g/mol. The summed E-state index contributed by atoms with van der Waals surface area (Å²) in [6, 6.07) is 6.65. The summed E-state index contributed by atoms with van der Waals surface area (Å²) in [5, 5.41) is 0. The molecule has 0 aliphatic heterocycles. The predicted octanol–water partition coefficient (Wildman–Crippen LogP) is 3.18. The van der Waals surface area contributed by atoms with E-state index in [2.05, 4.69) is 29.8 Å². The second-order valence-corrected chi connectivity index (χ2v) is 6.37. The lowest BCUT2D eigenvalue weighted by Crippen LogP contribution is -2.32. The van der Waals surface area contributed by atoms with Crippen molar-refractivity contribution < 1.29 is 0 Å². The number of nitrogens with zero attached hydrogens (tertiary/aromatic N) is 2. The molecule has 3 heteroatoms. The lowest BCUT2D eigenvalue weighted by Gasteiger charge is -2.24. The molecule has 2 aliphatic rings. The van der Waals surface area contributed by atoms with Crippen molar-refractivity contribution in [3.8, 4) is 0 Å². The first-order valence-electron chi connectivity index (χ1n) is 7.43. The van der Waals surface area contributed by atoms with Crippen LogP contribution in [-0.4, -0.2) is 9.55 Å². The molecule has 3 nitrogen and oxygen atoms in total. The molecule has 0 unspecified atom stereocenters. The summed E-state index contributed by atoms with van der Waals surface area (Å²) >= 11 is 0. The molecule has 1 aromatic heterocycles. The van der Waals surface area contributed by atoms with E-state index in [1.807, 2.05) is 0 Å². The van der Waals surface area contributed by atoms with Gasteiger partial charge in [0.2, 0.25) is 0 Å². The molecule has 0 atom stereocenters. The number of rotatable bonds is 2. The Bertz CT molecular complexity index is 631. The molecule has 0 saturated heterocycles. The van der Waals surface area contributed by atoms with E-state index < -0.39 is 0 Å². The highest BCUT2D eigenvalue weighted by Crippen LogP contribution is 2.41. The van der Waals surface area contributed by atoms with Crippen molar-refractivity contribution in [2.24, 2.45) is 12.8 Å². The fourth-order valence-electron chi connectivity index (χ4n) is 3.53. The minimum atomic E-state index is -0.106. The molecule has 1 heterocycles. The Morgan fingerprint density at radius 1 is 1.26 bits per heavy atom. The van der Waals surface area contributed by atoms with E-state index in [4.69, 9.17) is 10.7 Å². The van der Waals surface area contributed by atoms with Gasteiger partial charge in [0.15, 0.2) is 0 Å². The molecule has 0 bridgehead atoms. The van der Waals surface area contributed by atoms with Crippen LogP contribution in [0.5, 0.6) is 0 Å². The fraction of sp³-hybridized carbons (Fsp3) is 0.562. The summed E-state index contributed by atoms with van der Waals surface area (Å²) in [5.41, 5.74) is 10.1. The van der Waals surface area contributed by atoms with Gasteiger partial charge in [-0.2, -0.15) is 0 Å². The van der Waals surface area contributed by atoms with E-state index in [0.29, 0.717) is 5.92 Å². The third kappa shape index (κ3) is 1.71. The van der Waals surface area contributed by atoms with Gasteiger partial charge in [-0.25, -0.2) is 4.98 Å². The molecule has 2 aromatic rings. The smallest absolute Gasteiger partial charge is 0.112 e. The second kappa shape index (κ2) is 3.83. The molecule has 0 amide bonds. The van der Waals surface area contributed by atoms with Gasteiger partial charge in [-0.3, -0.25) is 0 Å². The van der Waals surface area contributed by atoms with Gasteiger partial charge < -0.3 is 10.3 Å². The third-order valence-corrected chi connectivity index (χ3v) is 4.93. The van der Waals surface area contributed by atoms with E-state index in [1.54, 1.807) is 0 Å². The van der Waals surface area contributed by atoms with Gasteiger partial charge >= 0.3 is 0 Å². The fourth-order valence-corrected chi connectivity index (χ4v) is 3.53. The van der Waals surface area contributed by atoms with Crippen molar-refractivity contribution in [1.29, 1.82) is 0 Å². The standard InChI is InChI=1S/C16H21N3/c1-19-14-7-6-12(16(17)8-2-3-9-16)10-13(14)18-15(19)11-4-5-11/h6-7,10-11H,2-5,8-9,17H2,1H3. The monoisotopic (exact) mass is 255 g/mol. The highest BCUT2D eigenvalue weighted by Gasteiger charge is 2.32. The third-order valence-electron chi connectivity index (χ3n) is 4.93. The Kier molecular flexibility index (Phi) is 2.31. The number of aromatic nitrogens is 2. The maximum Gasteiger partial charge on any atom is 0.112 e. The number of hydrogen-bond acceptors (Lipinski definition) is 2. The van der Waals surface area contributed by atoms with Crippen LogP contribution >= 0.6 is 0 Å². The van der Waals surface area contributed by atoms with Gasteiger partial charge in [0.25, 0.3) is 0 Å². The Morgan fingerprint density at radius 3 is 2.68 bits per heavy atom. The van der Waals surface area contributed by atoms with E-state index in [-0.39, 0.29) is 5.54 Å². The summed E-state index contributed by atoms with van der Waals surface area (Å²) in [4.78, 5) is 4.84. The van der Waals surface area contributed by atoms with E-state index in [9.17, 15) is 0 Å². The molecule has 2 fully saturated rings. The molecule has 0 spiro atoms. The van der Waals surface area contributed by atoms with Crippen molar-refractivity contribution in [3.63, 3.8) is 0 Å². The minimum Gasteiger partial charge on any atom is -0.331 e. The predicted molar refractivity (Wildman–Crippen MR) is 77.0 cm³/mol. The second-order valence-electron chi connectivity index (χ2n) is 6.37. The number of benzene rings is 1. The largest absolute Gasteiger partial charge is 0.331 e. The molecule has 2 saturated carbocycles. The first kappa shape index (κ1) is 11.5. The maximum absolute atomic E-state index is 6.55. The van der Waals surface area contributed by atoms with Gasteiger partial charge in [0, 0.05) is 18.5 Å². The molecule has 1 aromatic carbocycles. The van der Waals surface area contributed by atoms with E-state index in [1.165, 1.54) is 42.6 Å². The molecular weight excluding hydrogens is 234 g/mol. The van der Waals surface area contributed by atoms with Crippen LogP contribution in [0, 0.1) is 0 Å².